The van der Waals surface area contributed by atoms with Crippen LogP contribution in [0.1, 0.15) is 29.5 Å². The van der Waals surface area contributed by atoms with Crippen LogP contribution in [0.25, 0.3) is 0 Å². The molecule has 1 unspecified atom stereocenters. The summed E-state index contributed by atoms with van der Waals surface area (Å²) in [6.07, 6.45) is 0.459. The fourth-order valence-electron chi connectivity index (χ4n) is 6.93. The van der Waals surface area contributed by atoms with E-state index in [-0.39, 0.29) is 12.7 Å². The molecule has 3 aliphatic rings. The summed E-state index contributed by atoms with van der Waals surface area (Å²) in [6.45, 7) is 27.8. The maximum atomic E-state index is 13.0. The number of ether oxygens (including phenoxy) is 3. The third-order valence-corrected chi connectivity index (χ3v) is 13.4. The average Bonchev–Trinajstić information content (AvgIpc) is 2.92. The van der Waals surface area contributed by atoms with Gasteiger partial charge in [0.15, 0.2) is 33.3 Å². The summed E-state index contributed by atoms with van der Waals surface area (Å²) in [4.78, 5) is 0. The molecule has 2 heterocycles. The first-order valence-electron chi connectivity index (χ1n) is 18.1. The van der Waals surface area contributed by atoms with Gasteiger partial charge in [-0.1, -0.05) is 29.8 Å². The molecule has 8 nitrogen and oxygen atoms in total. The van der Waals surface area contributed by atoms with Gasteiger partial charge >= 0.3 is 0 Å². The summed E-state index contributed by atoms with van der Waals surface area (Å²) < 4.78 is 45.8. The maximum absolute atomic E-state index is 13.0. The van der Waals surface area contributed by atoms with Crippen molar-refractivity contribution in [2.24, 2.45) is 5.41 Å². The molecule has 0 bridgehead atoms. The summed E-state index contributed by atoms with van der Waals surface area (Å²) in [5, 5.41) is 13.6. The van der Waals surface area contributed by atoms with Gasteiger partial charge in [0, 0.05) is 16.0 Å². The molecule has 1 aliphatic carbocycles. The van der Waals surface area contributed by atoms with Crippen molar-refractivity contribution in [1.82, 2.24) is 0 Å². The van der Waals surface area contributed by atoms with E-state index in [2.05, 4.69) is 90.7 Å². The highest BCUT2D eigenvalue weighted by Gasteiger charge is 2.59. The van der Waals surface area contributed by atoms with Crippen molar-refractivity contribution < 1.29 is 37.0 Å². The van der Waals surface area contributed by atoms with Crippen LogP contribution in [0.3, 0.4) is 0 Å². The first-order chi connectivity index (χ1) is 22.9. The molecular weight excluding hydrogens is 720 g/mol. The van der Waals surface area contributed by atoms with Gasteiger partial charge in [0.25, 0.3) is 0 Å². The standard InChI is InChI=1S/C37H61ClO8Si4/c1-47(2,3)41-23-32-33(44-48(4,5)6)34(45-49(7,8)9)35(46-50(10,11)12)37(39,43-32)28-15-18-31(38)27(20-28)19-26-13-16-29(17-14-26)42-30-21-36(22-30)24-40-25-36/h13-18,20,30,32-35,39H,19,21-25H2,1-12H3/t32-,33-,34+,35-,37?/m1/s1. The molecule has 1 spiro atoms. The number of benzene rings is 2. The molecule has 1 N–H and O–H groups in total. The summed E-state index contributed by atoms with van der Waals surface area (Å²) in [6, 6.07) is 13.9. The summed E-state index contributed by atoms with van der Waals surface area (Å²) in [5.74, 6) is -0.972. The summed E-state index contributed by atoms with van der Waals surface area (Å²) >= 11 is 6.85. The maximum Gasteiger partial charge on any atom is 0.221 e. The molecule has 3 fully saturated rings. The van der Waals surface area contributed by atoms with Crippen LogP contribution in [0.4, 0.5) is 0 Å². The SMILES string of the molecule is C[Si](C)(C)OC[C@H]1OC(O)(c2ccc(Cl)c(Cc3ccc(OC4CC5(COC5)C4)cc3)c2)[C@H](O[Si](C)(C)C)[C@@H](O[Si](C)(C)C)[C@@H]1O[Si](C)(C)C. The highest BCUT2D eigenvalue weighted by Crippen LogP contribution is 2.48. The van der Waals surface area contributed by atoms with Crippen molar-refractivity contribution >= 4 is 44.9 Å². The minimum Gasteiger partial charge on any atom is -0.490 e. The molecule has 280 valence electrons. The van der Waals surface area contributed by atoms with Gasteiger partial charge in [-0.3, -0.25) is 0 Å². The van der Waals surface area contributed by atoms with E-state index in [1.54, 1.807) is 0 Å². The lowest BCUT2D eigenvalue weighted by atomic mass is 9.65. The van der Waals surface area contributed by atoms with E-state index in [4.69, 9.17) is 43.5 Å². The fraction of sp³-hybridized carbons (Fsp3) is 0.676. The number of rotatable bonds is 14. The first kappa shape index (κ1) is 40.3. The molecule has 13 heteroatoms. The minimum absolute atomic E-state index is 0.253. The number of hydrogen-bond acceptors (Lipinski definition) is 8. The van der Waals surface area contributed by atoms with Gasteiger partial charge < -0.3 is 37.0 Å². The molecule has 50 heavy (non-hydrogen) atoms. The van der Waals surface area contributed by atoms with Gasteiger partial charge in [-0.05, 0) is 133 Å². The van der Waals surface area contributed by atoms with Gasteiger partial charge in [0.2, 0.25) is 5.79 Å². The van der Waals surface area contributed by atoms with E-state index < -0.39 is 63.5 Å². The largest absolute Gasteiger partial charge is 0.490 e. The van der Waals surface area contributed by atoms with Crippen LogP contribution < -0.4 is 4.74 Å². The van der Waals surface area contributed by atoms with E-state index >= 15 is 0 Å². The molecule has 1 saturated carbocycles. The van der Waals surface area contributed by atoms with Crippen LogP contribution in [0.15, 0.2) is 42.5 Å². The van der Waals surface area contributed by atoms with Crippen LogP contribution in [0.2, 0.25) is 83.6 Å². The zero-order chi connectivity index (χ0) is 36.9. The summed E-state index contributed by atoms with van der Waals surface area (Å²) in [7, 11) is -8.52. The fourth-order valence-corrected chi connectivity index (χ4v) is 11.0. The Morgan fingerprint density at radius 2 is 1.34 bits per heavy atom. The Kier molecular flexibility index (Phi) is 11.9. The Morgan fingerprint density at radius 3 is 1.86 bits per heavy atom. The molecule has 0 amide bonds. The van der Waals surface area contributed by atoms with E-state index in [0.29, 0.717) is 22.4 Å². The van der Waals surface area contributed by atoms with E-state index in [0.717, 1.165) is 42.9 Å². The van der Waals surface area contributed by atoms with Gasteiger partial charge in [0.05, 0.1) is 19.8 Å². The van der Waals surface area contributed by atoms with E-state index in [9.17, 15) is 5.11 Å². The van der Waals surface area contributed by atoms with E-state index in [1.807, 2.05) is 30.3 Å². The third kappa shape index (κ3) is 10.4. The molecule has 0 aromatic heterocycles. The van der Waals surface area contributed by atoms with Crippen molar-refractivity contribution in [3.05, 3.63) is 64.2 Å². The quantitative estimate of drug-likeness (QED) is 0.191. The van der Waals surface area contributed by atoms with Crippen molar-refractivity contribution in [3.63, 3.8) is 0 Å². The zero-order valence-electron chi connectivity index (χ0n) is 32.4. The lowest BCUT2D eigenvalue weighted by Gasteiger charge is -2.54. The van der Waals surface area contributed by atoms with Crippen molar-refractivity contribution in [2.75, 3.05) is 19.8 Å². The second-order valence-corrected chi connectivity index (χ2v) is 36.9. The molecule has 2 saturated heterocycles. The Morgan fingerprint density at radius 1 is 0.760 bits per heavy atom. The molecular formula is C37H61ClO8Si4. The predicted molar refractivity (Wildman–Crippen MR) is 210 cm³/mol. The molecule has 0 radical (unpaired) electrons. The Bertz CT molecular complexity index is 1450. The second kappa shape index (κ2) is 14.7. The normalized spacial score (nSPS) is 27.6. The highest BCUT2D eigenvalue weighted by molar-refractivity contribution is 6.71. The molecule has 5 rings (SSSR count). The Hall–Kier alpha value is -0.882. The number of halogens is 1. The van der Waals surface area contributed by atoms with Gasteiger partial charge in [-0.2, -0.15) is 0 Å². The predicted octanol–water partition coefficient (Wildman–Crippen LogP) is 8.54. The van der Waals surface area contributed by atoms with Crippen molar-refractivity contribution in [3.8, 4) is 5.75 Å². The second-order valence-electron chi connectivity index (χ2n) is 18.6. The van der Waals surface area contributed by atoms with E-state index in [1.165, 1.54) is 0 Å². The summed E-state index contributed by atoms with van der Waals surface area (Å²) in [5.41, 5.74) is 2.91. The van der Waals surface area contributed by atoms with Gasteiger partial charge in [-0.25, -0.2) is 0 Å². The minimum atomic E-state index is -2.27. The lowest BCUT2D eigenvalue weighted by molar-refractivity contribution is -0.348. The number of hydrogen-bond donors (Lipinski definition) is 1. The molecule has 2 aliphatic heterocycles. The third-order valence-electron chi connectivity index (χ3n) is 9.06. The zero-order valence-corrected chi connectivity index (χ0v) is 37.1. The molecule has 2 aromatic carbocycles. The van der Waals surface area contributed by atoms with Crippen molar-refractivity contribution in [2.45, 2.75) is 134 Å². The first-order valence-corrected chi connectivity index (χ1v) is 32.1. The number of aliphatic hydroxyl groups is 1. The highest BCUT2D eigenvalue weighted by atomic mass is 35.5. The van der Waals surface area contributed by atoms with Crippen LogP contribution in [-0.2, 0) is 39.4 Å². The monoisotopic (exact) mass is 780 g/mol. The van der Waals surface area contributed by atoms with Crippen LogP contribution in [-0.4, -0.2) is 88.7 Å². The Labute approximate surface area is 310 Å². The molecule has 2 aromatic rings. The van der Waals surface area contributed by atoms with Crippen LogP contribution >= 0.6 is 11.6 Å². The smallest absolute Gasteiger partial charge is 0.221 e. The lowest BCUT2D eigenvalue weighted by Crippen LogP contribution is -2.69. The molecule has 5 atom stereocenters. The van der Waals surface area contributed by atoms with Gasteiger partial charge in [0.1, 0.15) is 36.3 Å². The van der Waals surface area contributed by atoms with Crippen LogP contribution in [0.5, 0.6) is 5.75 Å². The van der Waals surface area contributed by atoms with Gasteiger partial charge in [-0.15, -0.1) is 0 Å². The van der Waals surface area contributed by atoms with Crippen LogP contribution in [0, 0.1) is 5.41 Å². The van der Waals surface area contributed by atoms with Crippen molar-refractivity contribution in [1.29, 1.82) is 0 Å². The Balaban J connectivity index is 1.47. The average molecular weight is 782 g/mol. The topological polar surface area (TPSA) is 84.8 Å².